The molecule has 0 saturated heterocycles. The van der Waals surface area contributed by atoms with Crippen LogP contribution in [0.15, 0.2) is 78.9 Å². The Hall–Kier alpha value is -2.54. The molecular formula is C24H27N. The molecule has 0 aromatic heterocycles. The number of hydrogen-bond donors (Lipinski definition) is 1. The van der Waals surface area contributed by atoms with E-state index in [2.05, 4.69) is 112 Å². The molecule has 0 heterocycles. The van der Waals surface area contributed by atoms with Gasteiger partial charge >= 0.3 is 0 Å². The second-order valence-electron chi connectivity index (χ2n) is 7.71. The van der Waals surface area contributed by atoms with Crippen molar-refractivity contribution in [1.82, 2.24) is 0 Å². The van der Waals surface area contributed by atoms with Crippen molar-refractivity contribution < 1.29 is 0 Å². The highest BCUT2D eigenvalue weighted by Crippen LogP contribution is 2.27. The maximum Gasteiger partial charge on any atom is 0.0384 e. The van der Waals surface area contributed by atoms with Crippen molar-refractivity contribution in [2.24, 2.45) is 0 Å². The quantitative estimate of drug-likeness (QED) is 0.550. The molecule has 25 heavy (non-hydrogen) atoms. The molecule has 128 valence electrons. The van der Waals surface area contributed by atoms with Crippen molar-refractivity contribution in [3.05, 3.63) is 95.6 Å². The van der Waals surface area contributed by atoms with Gasteiger partial charge in [0.1, 0.15) is 0 Å². The number of nitrogens with one attached hydrogen (secondary N) is 1. The molecule has 3 rings (SSSR count). The standard InChI is InChI=1S/C24H27N/c1-18(19-8-6-5-7-9-19)20-10-14-22(15-11-20)25-23-16-12-21(13-17-23)24(2,3)4/h5-18,25H,1-4H3. The van der Waals surface area contributed by atoms with Gasteiger partial charge in [0.15, 0.2) is 0 Å². The summed E-state index contributed by atoms with van der Waals surface area (Å²) in [6.07, 6.45) is 0. The van der Waals surface area contributed by atoms with Crippen molar-refractivity contribution in [2.45, 2.75) is 39.0 Å². The summed E-state index contributed by atoms with van der Waals surface area (Å²) in [5.74, 6) is 0.404. The van der Waals surface area contributed by atoms with Crippen LogP contribution < -0.4 is 5.32 Å². The highest BCUT2D eigenvalue weighted by Gasteiger charge is 2.13. The molecular weight excluding hydrogens is 302 g/mol. The van der Waals surface area contributed by atoms with E-state index in [0.717, 1.165) is 11.4 Å². The average molecular weight is 329 g/mol. The lowest BCUT2D eigenvalue weighted by Crippen LogP contribution is -2.10. The Morgan fingerprint density at radius 2 is 1.12 bits per heavy atom. The zero-order valence-corrected chi connectivity index (χ0v) is 15.6. The van der Waals surface area contributed by atoms with Gasteiger partial charge in [0.2, 0.25) is 0 Å². The molecule has 0 radical (unpaired) electrons. The zero-order chi connectivity index (χ0) is 17.9. The topological polar surface area (TPSA) is 12.0 Å². The first-order valence-corrected chi connectivity index (χ1v) is 8.96. The van der Waals surface area contributed by atoms with Gasteiger partial charge in [0.25, 0.3) is 0 Å². The molecule has 0 saturated carbocycles. The van der Waals surface area contributed by atoms with Gasteiger partial charge in [-0.15, -0.1) is 0 Å². The van der Waals surface area contributed by atoms with Crippen LogP contribution >= 0.6 is 0 Å². The summed E-state index contributed by atoms with van der Waals surface area (Å²) in [5, 5.41) is 3.49. The number of rotatable bonds is 4. The maximum atomic E-state index is 3.49. The minimum Gasteiger partial charge on any atom is -0.356 e. The summed E-state index contributed by atoms with van der Waals surface area (Å²) >= 11 is 0. The molecule has 0 fully saturated rings. The van der Waals surface area contributed by atoms with Crippen LogP contribution in [-0.4, -0.2) is 0 Å². The van der Waals surface area contributed by atoms with Crippen LogP contribution in [0.1, 0.15) is 50.3 Å². The molecule has 0 bridgehead atoms. The van der Waals surface area contributed by atoms with Crippen LogP contribution in [0.4, 0.5) is 11.4 Å². The summed E-state index contributed by atoms with van der Waals surface area (Å²) in [6, 6.07) is 28.1. The largest absolute Gasteiger partial charge is 0.356 e. The van der Waals surface area contributed by atoms with Gasteiger partial charge in [0.05, 0.1) is 0 Å². The first kappa shape index (κ1) is 17.3. The molecule has 0 aliphatic heterocycles. The summed E-state index contributed by atoms with van der Waals surface area (Å²) in [5.41, 5.74) is 6.46. The number of anilines is 2. The predicted molar refractivity (Wildman–Crippen MR) is 109 cm³/mol. The first-order valence-electron chi connectivity index (χ1n) is 8.96. The molecule has 1 heteroatoms. The van der Waals surface area contributed by atoms with E-state index >= 15 is 0 Å². The lowest BCUT2D eigenvalue weighted by Gasteiger charge is -2.19. The fraction of sp³-hybridized carbons (Fsp3) is 0.250. The summed E-state index contributed by atoms with van der Waals surface area (Å²) < 4.78 is 0. The molecule has 1 nitrogen and oxygen atoms in total. The Bertz CT molecular complexity index is 793. The van der Waals surface area contributed by atoms with Gasteiger partial charge in [-0.3, -0.25) is 0 Å². The van der Waals surface area contributed by atoms with Crippen LogP contribution in [-0.2, 0) is 5.41 Å². The molecule has 0 amide bonds. The van der Waals surface area contributed by atoms with Crippen molar-refractivity contribution in [1.29, 1.82) is 0 Å². The van der Waals surface area contributed by atoms with E-state index in [4.69, 9.17) is 0 Å². The number of hydrogen-bond acceptors (Lipinski definition) is 1. The highest BCUT2D eigenvalue weighted by molar-refractivity contribution is 5.60. The van der Waals surface area contributed by atoms with Crippen molar-refractivity contribution in [3.63, 3.8) is 0 Å². The third-order valence-electron chi connectivity index (χ3n) is 4.75. The van der Waals surface area contributed by atoms with Crippen LogP contribution in [0.2, 0.25) is 0 Å². The molecule has 0 aliphatic carbocycles. The molecule has 0 aliphatic rings. The van der Waals surface area contributed by atoms with Crippen LogP contribution in [0, 0.1) is 0 Å². The van der Waals surface area contributed by atoms with Gasteiger partial charge in [-0.1, -0.05) is 82.3 Å². The SMILES string of the molecule is CC(c1ccccc1)c1ccc(Nc2ccc(C(C)(C)C)cc2)cc1. The molecule has 1 N–H and O–H groups in total. The highest BCUT2D eigenvalue weighted by atomic mass is 14.9. The Labute approximate surface area is 151 Å². The first-order chi connectivity index (χ1) is 11.9. The molecule has 0 spiro atoms. The lowest BCUT2D eigenvalue weighted by atomic mass is 9.87. The van der Waals surface area contributed by atoms with E-state index in [-0.39, 0.29) is 5.41 Å². The van der Waals surface area contributed by atoms with E-state index in [1.807, 2.05) is 0 Å². The van der Waals surface area contributed by atoms with E-state index in [9.17, 15) is 0 Å². The average Bonchev–Trinajstić information content (AvgIpc) is 2.62. The van der Waals surface area contributed by atoms with Gasteiger partial charge in [-0.2, -0.15) is 0 Å². The number of benzene rings is 3. The lowest BCUT2D eigenvalue weighted by molar-refractivity contribution is 0.590. The van der Waals surface area contributed by atoms with Crippen molar-refractivity contribution >= 4 is 11.4 Å². The van der Waals surface area contributed by atoms with Crippen LogP contribution in [0.3, 0.4) is 0 Å². The molecule has 1 unspecified atom stereocenters. The minimum absolute atomic E-state index is 0.188. The van der Waals surface area contributed by atoms with Crippen molar-refractivity contribution in [3.8, 4) is 0 Å². The molecule has 3 aromatic rings. The van der Waals surface area contributed by atoms with Gasteiger partial charge in [-0.25, -0.2) is 0 Å². The smallest absolute Gasteiger partial charge is 0.0384 e. The van der Waals surface area contributed by atoms with Gasteiger partial charge in [0, 0.05) is 17.3 Å². The Morgan fingerprint density at radius 1 is 0.640 bits per heavy atom. The Balaban J connectivity index is 1.70. The Morgan fingerprint density at radius 3 is 1.64 bits per heavy atom. The second-order valence-corrected chi connectivity index (χ2v) is 7.71. The summed E-state index contributed by atoms with van der Waals surface area (Å²) in [4.78, 5) is 0. The second kappa shape index (κ2) is 7.14. The summed E-state index contributed by atoms with van der Waals surface area (Å²) in [7, 11) is 0. The summed E-state index contributed by atoms with van der Waals surface area (Å²) in [6.45, 7) is 8.97. The van der Waals surface area contributed by atoms with Gasteiger partial charge in [-0.05, 0) is 46.4 Å². The molecule has 1 atom stereocenters. The predicted octanol–water partition coefficient (Wildman–Crippen LogP) is 6.88. The van der Waals surface area contributed by atoms with Crippen molar-refractivity contribution in [2.75, 3.05) is 5.32 Å². The fourth-order valence-electron chi connectivity index (χ4n) is 3.01. The normalized spacial score (nSPS) is 12.6. The fourth-order valence-corrected chi connectivity index (χ4v) is 3.01. The minimum atomic E-state index is 0.188. The van der Waals surface area contributed by atoms with E-state index < -0.39 is 0 Å². The maximum absolute atomic E-state index is 3.49. The zero-order valence-electron chi connectivity index (χ0n) is 15.6. The van der Waals surface area contributed by atoms with Crippen LogP contribution in [0.25, 0.3) is 0 Å². The van der Waals surface area contributed by atoms with Crippen LogP contribution in [0.5, 0.6) is 0 Å². The van der Waals surface area contributed by atoms with E-state index in [0.29, 0.717) is 5.92 Å². The van der Waals surface area contributed by atoms with E-state index in [1.165, 1.54) is 16.7 Å². The van der Waals surface area contributed by atoms with Gasteiger partial charge < -0.3 is 5.32 Å². The van der Waals surface area contributed by atoms with E-state index in [1.54, 1.807) is 0 Å². The Kier molecular flexibility index (Phi) is 4.94. The monoisotopic (exact) mass is 329 g/mol. The molecule has 3 aromatic carbocycles. The third kappa shape index (κ3) is 4.30. The third-order valence-corrected chi connectivity index (χ3v) is 4.75.